The van der Waals surface area contributed by atoms with Crippen molar-refractivity contribution in [3.8, 4) is 5.75 Å². The Morgan fingerprint density at radius 2 is 2.30 bits per heavy atom. The number of hydrogen-bond donors (Lipinski definition) is 2. The van der Waals surface area contributed by atoms with Crippen LogP contribution in [0.3, 0.4) is 0 Å². The number of nitrogens with two attached hydrogens (primary N) is 1. The first-order valence-electron chi connectivity index (χ1n) is 6.95. The van der Waals surface area contributed by atoms with Crippen molar-refractivity contribution in [2.45, 2.75) is 32.2 Å². The van der Waals surface area contributed by atoms with E-state index in [4.69, 9.17) is 22.7 Å². The van der Waals surface area contributed by atoms with Gasteiger partial charge in [-0.25, -0.2) is 0 Å². The van der Waals surface area contributed by atoms with Crippen molar-refractivity contribution in [2.75, 3.05) is 6.61 Å². The molecule has 3 N–H and O–H groups in total. The van der Waals surface area contributed by atoms with Gasteiger partial charge in [0.25, 0.3) is 5.91 Å². The molecule has 0 radical (unpaired) electrons. The molecule has 0 aromatic heterocycles. The van der Waals surface area contributed by atoms with Gasteiger partial charge < -0.3 is 15.8 Å². The molecule has 1 atom stereocenters. The quantitative estimate of drug-likeness (QED) is 0.757. The van der Waals surface area contributed by atoms with Gasteiger partial charge in [0.15, 0.2) is 0 Å². The first kappa shape index (κ1) is 14.8. The molecule has 0 spiro atoms. The van der Waals surface area contributed by atoms with Crippen LogP contribution in [0.1, 0.15) is 36.5 Å². The van der Waals surface area contributed by atoms with Crippen molar-refractivity contribution in [3.63, 3.8) is 0 Å². The van der Waals surface area contributed by atoms with Crippen LogP contribution in [-0.2, 0) is 0 Å². The highest BCUT2D eigenvalue weighted by Crippen LogP contribution is 2.33. The maximum Gasteiger partial charge on any atom is 0.251 e. The second-order valence-electron chi connectivity index (χ2n) is 5.07. The second-order valence-corrected chi connectivity index (χ2v) is 5.54. The van der Waals surface area contributed by atoms with Crippen molar-refractivity contribution >= 4 is 23.1 Å². The molecule has 1 saturated carbocycles. The highest BCUT2D eigenvalue weighted by Gasteiger charge is 2.34. The van der Waals surface area contributed by atoms with E-state index in [0.29, 0.717) is 28.8 Å². The molecule has 2 rings (SSSR count). The van der Waals surface area contributed by atoms with E-state index in [1.807, 2.05) is 19.1 Å². The average Bonchev–Trinajstić information content (AvgIpc) is 3.26. The van der Waals surface area contributed by atoms with Gasteiger partial charge in [-0.1, -0.05) is 25.2 Å². The Morgan fingerprint density at radius 1 is 1.55 bits per heavy atom. The number of carbonyl (C=O) groups is 1. The third kappa shape index (κ3) is 3.93. The maximum absolute atomic E-state index is 12.2. The predicted octanol–water partition coefficient (Wildman–Crippen LogP) is 2.27. The lowest BCUT2D eigenvalue weighted by Gasteiger charge is -2.17. The van der Waals surface area contributed by atoms with Gasteiger partial charge >= 0.3 is 0 Å². The molecule has 4 nitrogen and oxygen atoms in total. The topological polar surface area (TPSA) is 64.3 Å². The zero-order chi connectivity index (χ0) is 14.5. The molecule has 1 unspecified atom stereocenters. The molecule has 1 aliphatic carbocycles. The Balaban J connectivity index is 2.02. The summed E-state index contributed by atoms with van der Waals surface area (Å²) in [4.78, 5) is 12.6. The van der Waals surface area contributed by atoms with Crippen LogP contribution in [0.5, 0.6) is 5.75 Å². The maximum atomic E-state index is 12.2. The molecule has 0 saturated heterocycles. The van der Waals surface area contributed by atoms with Crippen LogP contribution >= 0.6 is 12.2 Å². The van der Waals surface area contributed by atoms with E-state index in [-0.39, 0.29) is 11.9 Å². The SMILES string of the molecule is CCCOc1cccc(C(=O)NC(C(N)=S)C2CC2)c1. The molecular weight excluding hydrogens is 272 g/mol. The molecular formula is C15H20N2O2S. The largest absolute Gasteiger partial charge is 0.494 e. The number of ether oxygens (including phenoxy) is 1. The van der Waals surface area contributed by atoms with Gasteiger partial charge in [0.05, 0.1) is 17.6 Å². The number of benzene rings is 1. The van der Waals surface area contributed by atoms with Crippen LogP contribution in [0.2, 0.25) is 0 Å². The number of amides is 1. The van der Waals surface area contributed by atoms with E-state index in [1.54, 1.807) is 12.1 Å². The van der Waals surface area contributed by atoms with E-state index in [9.17, 15) is 4.79 Å². The molecule has 108 valence electrons. The number of nitrogens with one attached hydrogen (secondary N) is 1. The molecule has 0 aliphatic heterocycles. The fourth-order valence-electron chi connectivity index (χ4n) is 2.02. The highest BCUT2D eigenvalue weighted by molar-refractivity contribution is 7.80. The summed E-state index contributed by atoms with van der Waals surface area (Å²) in [7, 11) is 0. The summed E-state index contributed by atoms with van der Waals surface area (Å²) in [5.74, 6) is 0.949. The van der Waals surface area contributed by atoms with Gasteiger partial charge in [-0.05, 0) is 43.4 Å². The predicted molar refractivity (Wildman–Crippen MR) is 83.0 cm³/mol. The first-order chi connectivity index (χ1) is 9.61. The van der Waals surface area contributed by atoms with Crippen molar-refractivity contribution in [3.05, 3.63) is 29.8 Å². The molecule has 1 aromatic rings. The van der Waals surface area contributed by atoms with Gasteiger partial charge in [0, 0.05) is 5.56 Å². The normalized spacial score (nSPS) is 15.4. The fraction of sp³-hybridized carbons (Fsp3) is 0.467. The van der Waals surface area contributed by atoms with Crippen LogP contribution in [0.25, 0.3) is 0 Å². The number of hydrogen-bond acceptors (Lipinski definition) is 3. The molecule has 1 fully saturated rings. The number of carbonyl (C=O) groups excluding carboxylic acids is 1. The van der Waals surface area contributed by atoms with Crippen LogP contribution in [0.15, 0.2) is 24.3 Å². The van der Waals surface area contributed by atoms with E-state index in [0.717, 1.165) is 19.3 Å². The lowest BCUT2D eigenvalue weighted by molar-refractivity contribution is 0.0943. The minimum Gasteiger partial charge on any atom is -0.494 e. The monoisotopic (exact) mass is 292 g/mol. The summed E-state index contributed by atoms with van der Waals surface area (Å²) >= 11 is 5.02. The van der Waals surface area contributed by atoms with Gasteiger partial charge in [-0.2, -0.15) is 0 Å². The summed E-state index contributed by atoms with van der Waals surface area (Å²) in [6, 6.07) is 6.97. The smallest absolute Gasteiger partial charge is 0.251 e. The minimum atomic E-state index is -0.197. The summed E-state index contributed by atoms with van der Waals surface area (Å²) in [5, 5.41) is 2.92. The molecule has 1 aromatic carbocycles. The fourth-order valence-corrected chi connectivity index (χ4v) is 2.27. The summed E-state index contributed by atoms with van der Waals surface area (Å²) in [5.41, 5.74) is 6.26. The van der Waals surface area contributed by atoms with Gasteiger partial charge in [0.1, 0.15) is 5.75 Å². The second kappa shape index (κ2) is 6.70. The molecule has 5 heteroatoms. The molecule has 0 heterocycles. The van der Waals surface area contributed by atoms with Crippen molar-refractivity contribution < 1.29 is 9.53 Å². The third-order valence-corrected chi connectivity index (χ3v) is 3.51. The Labute approximate surface area is 124 Å². The highest BCUT2D eigenvalue weighted by atomic mass is 32.1. The summed E-state index contributed by atoms with van der Waals surface area (Å²) in [6.45, 7) is 2.68. The molecule has 20 heavy (non-hydrogen) atoms. The van der Waals surface area contributed by atoms with Crippen molar-refractivity contribution in [1.29, 1.82) is 0 Å². The molecule has 1 amide bonds. The third-order valence-electron chi connectivity index (χ3n) is 3.26. The van der Waals surface area contributed by atoms with E-state index in [1.165, 1.54) is 0 Å². The van der Waals surface area contributed by atoms with E-state index < -0.39 is 0 Å². The molecule has 0 bridgehead atoms. The zero-order valence-electron chi connectivity index (χ0n) is 11.6. The van der Waals surface area contributed by atoms with Crippen LogP contribution < -0.4 is 15.8 Å². The van der Waals surface area contributed by atoms with E-state index >= 15 is 0 Å². The van der Waals surface area contributed by atoms with Crippen molar-refractivity contribution in [1.82, 2.24) is 5.32 Å². The Morgan fingerprint density at radius 3 is 2.90 bits per heavy atom. The molecule has 1 aliphatic rings. The average molecular weight is 292 g/mol. The van der Waals surface area contributed by atoms with Crippen LogP contribution in [-0.4, -0.2) is 23.5 Å². The lowest BCUT2D eigenvalue weighted by Crippen LogP contribution is -2.45. The van der Waals surface area contributed by atoms with E-state index in [2.05, 4.69) is 5.32 Å². The Kier molecular flexibility index (Phi) is 4.95. The van der Waals surface area contributed by atoms with Crippen LogP contribution in [0.4, 0.5) is 0 Å². The Hall–Kier alpha value is -1.62. The summed E-state index contributed by atoms with van der Waals surface area (Å²) < 4.78 is 5.53. The van der Waals surface area contributed by atoms with Gasteiger partial charge in [-0.3, -0.25) is 4.79 Å². The Bertz CT molecular complexity index is 500. The van der Waals surface area contributed by atoms with Gasteiger partial charge in [0.2, 0.25) is 0 Å². The minimum absolute atomic E-state index is 0.156. The first-order valence-corrected chi connectivity index (χ1v) is 7.35. The summed E-state index contributed by atoms with van der Waals surface area (Å²) in [6.07, 6.45) is 3.07. The number of thiocarbonyl (C=S) groups is 1. The standard InChI is InChI=1S/C15H20N2O2S/c1-2-8-19-12-5-3-4-11(9-12)15(18)17-13(14(16)20)10-6-7-10/h3-5,9-10,13H,2,6-8H2,1H3,(H2,16,20)(H,17,18). The van der Waals surface area contributed by atoms with Gasteiger partial charge in [-0.15, -0.1) is 0 Å². The zero-order valence-corrected chi connectivity index (χ0v) is 12.4. The van der Waals surface area contributed by atoms with Crippen LogP contribution in [0, 0.1) is 5.92 Å². The lowest BCUT2D eigenvalue weighted by atomic mass is 10.1. The number of rotatable bonds is 7. The van der Waals surface area contributed by atoms with Crippen molar-refractivity contribution in [2.24, 2.45) is 11.7 Å².